The number of aromatic nitrogens is 1. The van der Waals surface area contributed by atoms with Crippen LogP contribution in [0.25, 0.3) is 10.9 Å². The van der Waals surface area contributed by atoms with Gasteiger partial charge in [0, 0.05) is 44.0 Å². The summed E-state index contributed by atoms with van der Waals surface area (Å²) >= 11 is 0. The number of carbonyl (C=O) groups excluding carboxylic acids is 4. The molecule has 2 aromatic rings. The third kappa shape index (κ3) is 9.11. The number of hydrogen-bond acceptors (Lipinski definition) is 12. The number of likely N-dealkylation sites (tertiary alicyclic amines) is 1. The molecule has 3 saturated heterocycles. The first-order valence-corrected chi connectivity index (χ1v) is 24.6. The van der Waals surface area contributed by atoms with Crippen LogP contribution in [-0.2, 0) is 40.3 Å². The van der Waals surface area contributed by atoms with Crippen molar-refractivity contribution in [2.75, 3.05) is 39.9 Å². The van der Waals surface area contributed by atoms with Crippen molar-refractivity contribution < 1.29 is 46.5 Å². The van der Waals surface area contributed by atoms with E-state index < -0.39 is 68.2 Å². The molecule has 3 saturated carbocycles. The summed E-state index contributed by atoms with van der Waals surface area (Å²) in [6.45, 7) is 8.09. The molecule has 63 heavy (non-hydrogen) atoms. The van der Waals surface area contributed by atoms with Gasteiger partial charge in [-0.05, 0) is 109 Å². The molecular weight excluding hydrogens is 829 g/mol. The minimum atomic E-state index is -4.02. The maximum atomic E-state index is 15.1. The molecule has 9 rings (SSSR count). The lowest BCUT2D eigenvalue weighted by molar-refractivity contribution is -0.142. The average molecular weight is 891 g/mol. The highest BCUT2D eigenvalue weighted by Crippen LogP contribution is 2.47. The van der Waals surface area contributed by atoms with Gasteiger partial charge in [-0.3, -0.25) is 19.1 Å². The van der Waals surface area contributed by atoms with Gasteiger partial charge in [-0.1, -0.05) is 31.1 Å². The predicted octanol–water partition coefficient (Wildman–Crippen LogP) is 4.14. The number of amides is 4. The summed E-state index contributed by atoms with van der Waals surface area (Å²) in [4.78, 5) is 66.1. The summed E-state index contributed by atoms with van der Waals surface area (Å²) in [5.41, 5.74) is -0.0175. The maximum Gasteiger partial charge on any atom is 0.408 e. The van der Waals surface area contributed by atoms with Gasteiger partial charge in [-0.25, -0.2) is 18.2 Å². The van der Waals surface area contributed by atoms with Crippen LogP contribution in [-0.4, -0.2) is 128 Å². The van der Waals surface area contributed by atoms with Gasteiger partial charge in [0.1, 0.15) is 41.7 Å². The van der Waals surface area contributed by atoms with Crippen molar-refractivity contribution >= 4 is 44.7 Å². The normalized spacial score (nSPS) is 31.7. The van der Waals surface area contributed by atoms with E-state index in [0.29, 0.717) is 56.7 Å². The predicted molar refractivity (Wildman–Crippen MR) is 232 cm³/mol. The Balaban J connectivity index is 1.07. The van der Waals surface area contributed by atoms with Crippen molar-refractivity contribution in [3.8, 4) is 11.6 Å². The summed E-state index contributed by atoms with van der Waals surface area (Å²) in [5, 5.41) is 6.70. The third-order valence-corrected chi connectivity index (χ3v) is 16.9. The standard InChI is InChI=1S/C46H62N6O10S/c1-4-30-26-46(30,43(55)50-63(57,58)45(2)18-19-45)49-40(53)36-25-32-27-52(36)42(54)38(28-16-22-59-23-17-28)48-44(56)62-37-24-29(37)10-6-5-7-12-34-39(60-31-14-20-51(3)21-15-31)33-11-8-9-13-35(33)47-41(34)61-32/h4,8-9,11,13,28-32,36-38H,1,5-7,10,12,14-27H2,2-3H3,(H,48,56)(H,49,53)(H,50,55)/t29-,30?,32-,36+,37-,38+,46?/m1/s1. The summed E-state index contributed by atoms with van der Waals surface area (Å²) in [5.74, 6) is -1.38. The second-order valence-electron chi connectivity index (χ2n) is 19.3. The van der Waals surface area contributed by atoms with Crippen LogP contribution >= 0.6 is 0 Å². The fourth-order valence-corrected chi connectivity index (χ4v) is 11.3. The molecule has 0 radical (unpaired) electrons. The van der Waals surface area contributed by atoms with Gasteiger partial charge in [0.25, 0.3) is 5.91 Å². The Kier molecular flexibility index (Phi) is 12.1. The third-order valence-electron chi connectivity index (χ3n) is 14.8. The number of ether oxygens (including phenoxy) is 4. The van der Waals surface area contributed by atoms with Crippen molar-refractivity contribution in [2.24, 2.45) is 17.8 Å². The molecule has 0 spiro atoms. The number of hydrogen-bond donors (Lipinski definition) is 3. The molecule has 7 aliphatic rings. The van der Waals surface area contributed by atoms with E-state index in [1.54, 1.807) is 6.92 Å². The summed E-state index contributed by atoms with van der Waals surface area (Å²) < 4.78 is 53.0. The van der Waals surface area contributed by atoms with Crippen LogP contribution in [0, 0.1) is 17.8 Å². The maximum absolute atomic E-state index is 15.1. The van der Waals surface area contributed by atoms with Crippen LogP contribution in [0.2, 0.25) is 0 Å². The molecule has 2 bridgehead atoms. The van der Waals surface area contributed by atoms with Crippen LogP contribution in [0.4, 0.5) is 4.79 Å². The number of nitrogens with zero attached hydrogens (tertiary/aromatic N) is 3. The zero-order chi connectivity index (χ0) is 44.1. The van der Waals surface area contributed by atoms with Gasteiger partial charge in [-0.15, -0.1) is 6.58 Å². The van der Waals surface area contributed by atoms with E-state index in [1.165, 1.54) is 11.0 Å². The summed E-state index contributed by atoms with van der Waals surface area (Å²) in [7, 11) is -1.90. The Morgan fingerprint density at radius 2 is 1.76 bits per heavy atom. The van der Waals surface area contributed by atoms with Crippen LogP contribution in [0.5, 0.6) is 11.6 Å². The largest absolute Gasteiger partial charge is 0.489 e. The lowest BCUT2D eigenvalue weighted by Crippen LogP contribution is -2.59. The van der Waals surface area contributed by atoms with Crippen molar-refractivity contribution in [2.45, 2.75) is 137 Å². The van der Waals surface area contributed by atoms with Gasteiger partial charge in [0.15, 0.2) is 0 Å². The Morgan fingerprint density at radius 1 is 1.00 bits per heavy atom. The molecule has 4 aliphatic heterocycles. The molecule has 342 valence electrons. The van der Waals surface area contributed by atoms with Crippen LogP contribution in [0.15, 0.2) is 36.9 Å². The van der Waals surface area contributed by atoms with E-state index in [2.05, 4.69) is 33.9 Å². The Morgan fingerprint density at radius 3 is 2.49 bits per heavy atom. The number of rotatable bonds is 9. The van der Waals surface area contributed by atoms with E-state index in [0.717, 1.165) is 74.7 Å². The number of benzene rings is 1. The number of alkyl carbamates (subject to hydrolysis) is 1. The molecule has 5 heterocycles. The molecule has 7 atom stereocenters. The first-order valence-electron chi connectivity index (χ1n) is 23.1. The highest BCUT2D eigenvalue weighted by molar-refractivity contribution is 7.91. The van der Waals surface area contributed by atoms with E-state index in [9.17, 15) is 22.8 Å². The van der Waals surface area contributed by atoms with E-state index in [-0.39, 0.29) is 43.4 Å². The Labute approximate surface area is 369 Å². The second-order valence-corrected chi connectivity index (χ2v) is 21.5. The highest BCUT2D eigenvalue weighted by atomic mass is 32.2. The van der Waals surface area contributed by atoms with Gasteiger partial charge < -0.3 is 39.4 Å². The van der Waals surface area contributed by atoms with Crippen LogP contribution < -0.4 is 24.8 Å². The van der Waals surface area contributed by atoms with Crippen molar-refractivity contribution in [1.82, 2.24) is 30.1 Å². The topological polar surface area (TPSA) is 195 Å². The van der Waals surface area contributed by atoms with Gasteiger partial charge in [0.2, 0.25) is 27.7 Å². The lowest BCUT2D eigenvalue weighted by atomic mass is 9.90. The summed E-state index contributed by atoms with van der Waals surface area (Å²) in [6, 6.07) is 5.69. The number of carbonyl (C=O) groups is 4. The number of sulfonamides is 1. The minimum Gasteiger partial charge on any atom is -0.489 e. The van der Waals surface area contributed by atoms with Crippen molar-refractivity contribution in [3.63, 3.8) is 0 Å². The number of piperidine rings is 1. The zero-order valence-corrected chi connectivity index (χ0v) is 37.3. The molecule has 17 heteroatoms. The van der Waals surface area contributed by atoms with E-state index >= 15 is 4.79 Å². The first kappa shape index (κ1) is 43.8. The van der Waals surface area contributed by atoms with Gasteiger partial charge in [0.05, 0.1) is 22.4 Å². The first-order chi connectivity index (χ1) is 30.3. The van der Waals surface area contributed by atoms with Gasteiger partial charge in [-0.2, -0.15) is 0 Å². The van der Waals surface area contributed by atoms with Crippen LogP contribution in [0.3, 0.4) is 0 Å². The Hall–Kier alpha value is -4.48. The fraction of sp³-hybridized carbons (Fsp3) is 0.674. The number of pyridine rings is 1. The van der Waals surface area contributed by atoms with Gasteiger partial charge >= 0.3 is 6.09 Å². The number of nitrogens with one attached hydrogen (secondary N) is 3. The monoisotopic (exact) mass is 890 g/mol. The fourth-order valence-electron chi connectivity index (χ4n) is 10.0. The minimum absolute atomic E-state index is 0.00871. The van der Waals surface area contributed by atoms with E-state index in [4.69, 9.17) is 23.9 Å². The molecule has 2 unspecified atom stereocenters. The second kappa shape index (κ2) is 17.5. The molecule has 16 nitrogen and oxygen atoms in total. The average Bonchev–Trinajstić information content (AvgIpc) is 4.23. The Bertz CT molecular complexity index is 2220. The number of fused-ring (bicyclic) bond motifs is 5. The molecule has 1 aromatic carbocycles. The molecule has 4 amide bonds. The molecule has 3 aliphatic carbocycles. The molecule has 6 fully saturated rings. The van der Waals surface area contributed by atoms with Crippen molar-refractivity contribution in [3.05, 3.63) is 42.5 Å². The number of para-hydroxylation sites is 1. The van der Waals surface area contributed by atoms with Crippen molar-refractivity contribution in [1.29, 1.82) is 0 Å². The SMILES string of the molecule is C=CC1CC1(NC(=O)[C@@H]1C[C@@H]2CN1C(=O)[C@H](C1CCOCC1)NC(=O)O[C@@H]1C[C@H]1CCCCCc1c(nc3ccccc3c1OC1CCN(C)CC1)O2)C(=O)NS(=O)(=O)C1(C)CC1. The molecular formula is C46H62N6O10S. The smallest absolute Gasteiger partial charge is 0.408 e. The molecule has 1 aromatic heterocycles. The lowest BCUT2D eigenvalue weighted by Gasteiger charge is -2.34. The van der Waals surface area contributed by atoms with E-state index in [1.807, 2.05) is 24.3 Å². The van der Waals surface area contributed by atoms with Crippen LogP contribution in [0.1, 0.15) is 96.0 Å². The summed E-state index contributed by atoms with van der Waals surface area (Å²) in [6.07, 6.45) is 8.80. The molecule has 3 N–H and O–H groups in total. The highest BCUT2D eigenvalue weighted by Gasteiger charge is 2.63. The quantitative estimate of drug-likeness (QED) is 0.305. The zero-order valence-electron chi connectivity index (χ0n) is 36.5.